The molecule has 0 aliphatic carbocycles. The minimum atomic E-state index is -0.284. The van der Waals surface area contributed by atoms with Gasteiger partial charge in [-0.2, -0.15) is 0 Å². The molecule has 3 heteroatoms. The Morgan fingerprint density at radius 2 is 2.00 bits per heavy atom. The maximum absolute atomic E-state index is 13.5. The highest BCUT2D eigenvalue weighted by atomic mass is 19.1. The van der Waals surface area contributed by atoms with Crippen LogP contribution in [0.15, 0.2) is 6.07 Å². The second-order valence-corrected chi connectivity index (χ2v) is 3.81. The second kappa shape index (κ2) is 4.62. The minimum absolute atomic E-state index is 0.00644. The summed E-state index contributed by atoms with van der Waals surface area (Å²) in [4.78, 5) is 0. The van der Waals surface area contributed by atoms with Gasteiger partial charge in [0.2, 0.25) is 0 Å². The first-order valence-electron chi connectivity index (χ1n) is 4.97. The van der Waals surface area contributed by atoms with Gasteiger partial charge in [-0.25, -0.2) is 4.39 Å². The number of ether oxygens (including phenoxy) is 1. The quantitative estimate of drug-likeness (QED) is 0.834. The molecule has 0 radical (unpaired) electrons. The molecular weight excluding hydrogens is 195 g/mol. The summed E-state index contributed by atoms with van der Waals surface area (Å²) in [7, 11) is 1.53. The highest BCUT2D eigenvalue weighted by Gasteiger charge is 2.16. The molecule has 0 amide bonds. The lowest BCUT2D eigenvalue weighted by Gasteiger charge is -2.17. The number of halogens is 1. The molecule has 1 atom stereocenters. The molecule has 0 fully saturated rings. The summed E-state index contributed by atoms with van der Waals surface area (Å²) in [5.74, 6) is 0.215. The lowest BCUT2D eigenvalue weighted by Crippen LogP contribution is -2.05. The Kier molecular flexibility index (Phi) is 3.69. The number of benzene rings is 1. The molecule has 2 nitrogen and oxygen atoms in total. The lowest BCUT2D eigenvalue weighted by atomic mass is 9.94. The molecule has 0 bridgehead atoms. The Morgan fingerprint density at radius 1 is 1.40 bits per heavy atom. The fraction of sp³-hybridized carbons (Fsp3) is 0.500. The third-order valence-corrected chi connectivity index (χ3v) is 2.76. The van der Waals surface area contributed by atoms with Crippen molar-refractivity contribution in [1.82, 2.24) is 0 Å². The molecule has 84 valence electrons. The molecule has 15 heavy (non-hydrogen) atoms. The fourth-order valence-corrected chi connectivity index (χ4v) is 1.79. The van der Waals surface area contributed by atoms with E-state index in [1.807, 2.05) is 13.8 Å². The molecule has 1 aromatic carbocycles. The van der Waals surface area contributed by atoms with Crippen molar-refractivity contribution in [3.8, 4) is 5.75 Å². The van der Waals surface area contributed by atoms with E-state index in [0.717, 1.165) is 11.1 Å². The summed E-state index contributed by atoms with van der Waals surface area (Å²) in [6.07, 6.45) is 0. The van der Waals surface area contributed by atoms with Gasteiger partial charge in [0.25, 0.3) is 0 Å². The summed E-state index contributed by atoms with van der Waals surface area (Å²) >= 11 is 0. The summed E-state index contributed by atoms with van der Waals surface area (Å²) < 4.78 is 18.7. The van der Waals surface area contributed by atoms with Crippen molar-refractivity contribution in [3.63, 3.8) is 0 Å². The average Bonchev–Trinajstić information content (AvgIpc) is 2.23. The van der Waals surface area contributed by atoms with Crippen LogP contribution in [0, 0.1) is 19.7 Å². The molecule has 1 unspecified atom stereocenters. The molecule has 0 aromatic heterocycles. The highest BCUT2D eigenvalue weighted by molar-refractivity contribution is 5.47. The van der Waals surface area contributed by atoms with Crippen LogP contribution in [0.1, 0.15) is 29.5 Å². The average molecular weight is 212 g/mol. The molecule has 0 spiro atoms. The summed E-state index contributed by atoms with van der Waals surface area (Å²) in [5.41, 5.74) is 2.22. The predicted octanol–water partition coefficient (Wildman–Crippen LogP) is 2.55. The predicted molar refractivity (Wildman–Crippen MR) is 57.9 cm³/mol. The summed E-state index contributed by atoms with van der Waals surface area (Å²) in [5, 5.41) is 9.07. The molecular formula is C12H17FO2. The molecule has 0 aliphatic rings. The minimum Gasteiger partial charge on any atom is -0.496 e. The van der Waals surface area contributed by atoms with Gasteiger partial charge in [0.05, 0.1) is 7.11 Å². The van der Waals surface area contributed by atoms with Gasteiger partial charge in [-0.15, -0.1) is 0 Å². The lowest BCUT2D eigenvalue weighted by molar-refractivity contribution is 0.272. The van der Waals surface area contributed by atoms with E-state index in [1.54, 1.807) is 6.92 Å². The largest absolute Gasteiger partial charge is 0.496 e. The zero-order valence-corrected chi connectivity index (χ0v) is 9.60. The van der Waals surface area contributed by atoms with Gasteiger partial charge in [0.1, 0.15) is 11.6 Å². The normalized spacial score (nSPS) is 12.7. The van der Waals surface area contributed by atoms with Crippen molar-refractivity contribution in [2.24, 2.45) is 0 Å². The Hall–Kier alpha value is -1.09. The number of aliphatic hydroxyl groups is 1. The van der Waals surface area contributed by atoms with Crippen molar-refractivity contribution in [2.45, 2.75) is 26.7 Å². The van der Waals surface area contributed by atoms with E-state index < -0.39 is 0 Å². The van der Waals surface area contributed by atoms with E-state index in [4.69, 9.17) is 9.84 Å². The monoisotopic (exact) mass is 212 g/mol. The third-order valence-electron chi connectivity index (χ3n) is 2.76. The molecule has 0 heterocycles. The van der Waals surface area contributed by atoms with Gasteiger partial charge in [-0.3, -0.25) is 0 Å². The summed E-state index contributed by atoms with van der Waals surface area (Å²) in [6.45, 7) is 5.43. The van der Waals surface area contributed by atoms with E-state index in [1.165, 1.54) is 13.2 Å². The topological polar surface area (TPSA) is 29.5 Å². The first kappa shape index (κ1) is 12.0. The van der Waals surface area contributed by atoms with Crippen LogP contribution < -0.4 is 4.74 Å². The first-order valence-corrected chi connectivity index (χ1v) is 4.97. The highest BCUT2D eigenvalue weighted by Crippen LogP contribution is 2.32. The summed E-state index contributed by atoms with van der Waals surface area (Å²) in [6, 6.07) is 1.48. The number of aliphatic hydroxyl groups excluding tert-OH is 1. The molecule has 0 saturated heterocycles. The molecule has 1 aromatic rings. The van der Waals surface area contributed by atoms with Crippen molar-refractivity contribution >= 4 is 0 Å². The fourth-order valence-electron chi connectivity index (χ4n) is 1.79. The van der Waals surface area contributed by atoms with Crippen LogP contribution in [0.2, 0.25) is 0 Å². The standard InChI is InChI=1S/C12H17FO2/c1-7(6-14)10-5-11(13)9(3)12(15-4)8(10)2/h5,7,14H,6H2,1-4H3. The van der Waals surface area contributed by atoms with E-state index in [2.05, 4.69) is 0 Å². The third kappa shape index (κ3) is 2.12. The van der Waals surface area contributed by atoms with Gasteiger partial charge in [-0.05, 0) is 31.0 Å². The van der Waals surface area contributed by atoms with Crippen molar-refractivity contribution in [1.29, 1.82) is 0 Å². The van der Waals surface area contributed by atoms with Crippen LogP contribution in [-0.2, 0) is 0 Å². The Balaban J connectivity index is 3.36. The Morgan fingerprint density at radius 3 is 2.47 bits per heavy atom. The maximum Gasteiger partial charge on any atom is 0.130 e. The van der Waals surface area contributed by atoms with Crippen molar-refractivity contribution in [3.05, 3.63) is 28.6 Å². The molecule has 1 rings (SSSR count). The number of hydrogen-bond acceptors (Lipinski definition) is 2. The Bertz CT molecular complexity index is 361. The molecule has 0 aliphatic heterocycles. The van der Waals surface area contributed by atoms with Crippen molar-refractivity contribution < 1.29 is 14.2 Å². The van der Waals surface area contributed by atoms with Gasteiger partial charge in [-0.1, -0.05) is 6.92 Å². The van der Waals surface area contributed by atoms with Crippen LogP contribution in [0.4, 0.5) is 4.39 Å². The maximum atomic E-state index is 13.5. The number of hydrogen-bond donors (Lipinski definition) is 1. The van der Waals surface area contributed by atoms with E-state index >= 15 is 0 Å². The van der Waals surface area contributed by atoms with Crippen LogP contribution >= 0.6 is 0 Å². The number of methoxy groups -OCH3 is 1. The second-order valence-electron chi connectivity index (χ2n) is 3.81. The SMILES string of the molecule is COc1c(C)c(F)cc(C(C)CO)c1C. The van der Waals surface area contributed by atoms with Gasteiger partial charge >= 0.3 is 0 Å². The van der Waals surface area contributed by atoms with Gasteiger partial charge in [0, 0.05) is 18.1 Å². The zero-order valence-electron chi connectivity index (χ0n) is 9.60. The smallest absolute Gasteiger partial charge is 0.130 e. The van der Waals surface area contributed by atoms with Crippen LogP contribution in [0.25, 0.3) is 0 Å². The van der Waals surface area contributed by atoms with E-state index in [9.17, 15) is 4.39 Å². The molecule has 1 N–H and O–H groups in total. The Labute approximate surface area is 89.7 Å². The van der Waals surface area contributed by atoms with Gasteiger partial charge < -0.3 is 9.84 Å². The van der Waals surface area contributed by atoms with Crippen LogP contribution in [0.3, 0.4) is 0 Å². The van der Waals surface area contributed by atoms with Gasteiger partial charge in [0.15, 0.2) is 0 Å². The van der Waals surface area contributed by atoms with Crippen molar-refractivity contribution in [2.75, 3.05) is 13.7 Å². The van der Waals surface area contributed by atoms with E-state index in [0.29, 0.717) is 11.3 Å². The first-order chi connectivity index (χ1) is 7.02. The number of rotatable bonds is 3. The molecule has 0 saturated carbocycles. The van der Waals surface area contributed by atoms with Crippen LogP contribution in [0.5, 0.6) is 5.75 Å². The van der Waals surface area contributed by atoms with E-state index in [-0.39, 0.29) is 18.3 Å². The van der Waals surface area contributed by atoms with Crippen LogP contribution in [-0.4, -0.2) is 18.8 Å². The zero-order chi connectivity index (χ0) is 11.6.